The van der Waals surface area contributed by atoms with E-state index in [4.69, 9.17) is 0 Å². The van der Waals surface area contributed by atoms with Gasteiger partial charge in [0.15, 0.2) is 0 Å². The van der Waals surface area contributed by atoms with Crippen LogP contribution in [0.4, 0.5) is 9.59 Å². The lowest BCUT2D eigenvalue weighted by Crippen LogP contribution is -2.47. The van der Waals surface area contributed by atoms with Gasteiger partial charge in [-0.2, -0.15) is 5.10 Å². The lowest BCUT2D eigenvalue weighted by molar-refractivity contribution is -0.121. The van der Waals surface area contributed by atoms with Crippen LogP contribution in [0.1, 0.15) is 20.3 Å². The van der Waals surface area contributed by atoms with E-state index in [2.05, 4.69) is 26.5 Å². The number of amides is 5. The maximum Gasteiger partial charge on any atom is 0.321 e. The molecule has 2 rings (SSSR count). The number of carbonyl (C=O) groups is 3. The first-order valence-electron chi connectivity index (χ1n) is 6.42. The Morgan fingerprint density at radius 3 is 2.85 bits per heavy atom. The first-order valence-corrected chi connectivity index (χ1v) is 6.42. The smallest absolute Gasteiger partial charge is 0.314 e. The molecule has 2 unspecified atom stereocenters. The number of carbonyl (C=O) groups excluding carboxylic acids is 3. The summed E-state index contributed by atoms with van der Waals surface area (Å²) < 4.78 is 0. The third kappa shape index (κ3) is 3.16. The summed E-state index contributed by atoms with van der Waals surface area (Å²) in [5, 5.41) is 11.4. The highest BCUT2D eigenvalue weighted by Gasteiger charge is 2.45. The third-order valence-corrected chi connectivity index (χ3v) is 2.93. The lowest BCUT2D eigenvalue weighted by Gasteiger charge is -2.19. The number of rotatable bonds is 5. The zero-order chi connectivity index (χ0) is 14.7. The largest absolute Gasteiger partial charge is 0.321 e. The van der Waals surface area contributed by atoms with E-state index in [9.17, 15) is 14.4 Å². The molecule has 2 atom stereocenters. The number of hydrogen-bond donors (Lipinski definition) is 4. The monoisotopic (exact) mass is 282 g/mol. The Morgan fingerprint density at radius 1 is 1.40 bits per heavy atom. The molecule has 0 spiro atoms. The van der Waals surface area contributed by atoms with Crippen LogP contribution in [0.3, 0.4) is 0 Å². The standard InChI is InChI=1S/C11H18N6O3/c1-6(2)3-4-12-16-7(18)5-17-9-8(14-11(17)20)13-10(19)15-9/h4,6,8-9H,3,5H2,1-2H3,(H,14,20)(H,16,18)(H2,13,15,19)/b12-4+. The van der Waals surface area contributed by atoms with Gasteiger partial charge in [0.25, 0.3) is 5.91 Å². The van der Waals surface area contributed by atoms with E-state index in [1.54, 1.807) is 6.21 Å². The first kappa shape index (κ1) is 14.1. The summed E-state index contributed by atoms with van der Waals surface area (Å²) in [5.74, 6) is 0.0440. The molecular weight excluding hydrogens is 264 g/mol. The van der Waals surface area contributed by atoms with E-state index in [0.29, 0.717) is 5.92 Å². The van der Waals surface area contributed by atoms with Gasteiger partial charge in [0, 0.05) is 6.21 Å². The molecule has 0 radical (unpaired) electrons. The van der Waals surface area contributed by atoms with Crippen molar-refractivity contribution in [2.45, 2.75) is 32.6 Å². The number of fused-ring (bicyclic) bond motifs is 1. The van der Waals surface area contributed by atoms with Crippen LogP contribution in [0.2, 0.25) is 0 Å². The number of hydrazone groups is 1. The highest BCUT2D eigenvalue weighted by molar-refractivity contribution is 5.88. The molecule has 9 heteroatoms. The normalized spacial score (nSPS) is 24.6. The number of urea groups is 2. The van der Waals surface area contributed by atoms with Crippen molar-refractivity contribution in [3.63, 3.8) is 0 Å². The van der Waals surface area contributed by atoms with E-state index in [0.717, 1.165) is 6.42 Å². The summed E-state index contributed by atoms with van der Waals surface area (Å²) in [5.41, 5.74) is 2.35. The first-order chi connectivity index (χ1) is 9.47. The van der Waals surface area contributed by atoms with Crippen LogP contribution in [-0.4, -0.2) is 48.0 Å². The zero-order valence-electron chi connectivity index (χ0n) is 11.3. The molecule has 2 aliphatic rings. The van der Waals surface area contributed by atoms with Crippen molar-refractivity contribution in [1.82, 2.24) is 26.3 Å². The van der Waals surface area contributed by atoms with Crippen molar-refractivity contribution < 1.29 is 14.4 Å². The molecule has 0 aromatic rings. The van der Waals surface area contributed by atoms with Gasteiger partial charge in [-0.15, -0.1) is 0 Å². The van der Waals surface area contributed by atoms with Gasteiger partial charge in [0.05, 0.1) is 0 Å². The van der Waals surface area contributed by atoms with Crippen molar-refractivity contribution in [3.05, 3.63) is 0 Å². The fourth-order valence-electron chi connectivity index (χ4n) is 1.94. The van der Waals surface area contributed by atoms with Gasteiger partial charge in [-0.1, -0.05) is 13.8 Å². The Labute approximate surface area is 116 Å². The second-order valence-electron chi connectivity index (χ2n) is 5.09. The molecule has 5 amide bonds. The van der Waals surface area contributed by atoms with Gasteiger partial charge in [-0.25, -0.2) is 15.0 Å². The molecule has 2 fully saturated rings. The van der Waals surface area contributed by atoms with Gasteiger partial charge >= 0.3 is 12.1 Å². The summed E-state index contributed by atoms with van der Waals surface area (Å²) in [6.07, 6.45) is 1.32. The molecule has 2 heterocycles. The summed E-state index contributed by atoms with van der Waals surface area (Å²) in [4.78, 5) is 35.7. The van der Waals surface area contributed by atoms with E-state index in [-0.39, 0.29) is 12.6 Å². The molecule has 0 aromatic heterocycles. The average molecular weight is 282 g/mol. The zero-order valence-corrected chi connectivity index (χ0v) is 11.3. The van der Waals surface area contributed by atoms with Crippen LogP contribution in [0.15, 0.2) is 5.10 Å². The van der Waals surface area contributed by atoms with Gasteiger partial charge in [0.1, 0.15) is 18.9 Å². The van der Waals surface area contributed by atoms with Crippen molar-refractivity contribution in [3.8, 4) is 0 Å². The molecule has 20 heavy (non-hydrogen) atoms. The quantitative estimate of drug-likeness (QED) is 0.388. The fraction of sp³-hybridized carbons (Fsp3) is 0.636. The highest BCUT2D eigenvalue weighted by atomic mass is 16.2. The van der Waals surface area contributed by atoms with E-state index < -0.39 is 24.3 Å². The Kier molecular flexibility index (Phi) is 4.06. The second-order valence-corrected chi connectivity index (χ2v) is 5.09. The van der Waals surface area contributed by atoms with Gasteiger partial charge in [-0.3, -0.25) is 9.69 Å². The number of nitrogens with one attached hydrogen (secondary N) is 4. The topological polar surface area (TPSA) is 115 Å². The molecule has 4 N–H and O–H groups in total. The Bertz CT molecular complexity index is 449. The SMILES string of the molecule is CC(C)C/C=N/NC(=O)CN1C(=O)NC2NC(=O)NC21. The molecule has 110 valence electrons. The number of nitrogens with zero attached hydrogens (tertiary/aromatic N) is 2. The van der Waals surface area contributed by atoms with Crippen LogP contribution in [0.5, 0.6) is 0 Å². The van der Waals surface area contributed by atoms with Crippen molar-refractivity contribution >= 4 is 24.2 Å². The van der Waals surface area contributed by atoms with Gasteiger partial charge in [-0.05, 0) is 12.3 Å². The highest BCUT2D eigenvalue weighted by Crippen LogP contribution is 2.13. The van der Waals surface area contributed by atoms with Crippen LogP contribution >= 0.6 is 0 Å². The second kappa shape index (κ2) is 5.76. The van der Waals surface area contributed by atoms with Gasteiger partial charge < -0.3 is 16.0 Å². The van der Waals surface area contributed by atoms with Crippen LogP contribution in [0.25, 0.3) is 0 Å². The van der Waals surface area contributed by atoms with E-state index in [1.165, 1.54) is 4.90 Å². The molecule has 0 aromatic carbocycles. The summed E-state index contributed by atoms with van der Waals surface area (Å²) in [7, 11) is 0. The predicted octanol–water partition coefficient (Wildman–Crippen LogP) is -0.875. The Balaban J connectivity index is 1.83. The minimum absolute atomic E-state index is 0.173. The molecular formula is C11H18N6O3. The van der Waals surface area contributed by atoms with E-state index >= 15 is 0 Å². The molecule has 2 saturated heterocycles. The summed E-state index contributed by atoms with van der Waals surface area (Å²) >= 11 is 0. The van der Waals surface area contributed by atoms with Crippen molar-refractivity contribution in [1.29, 1.82) is 0 Å². The van der Waals surface area contributed by atoms with Crippen LogP contribution in [0, 0.1) is 5.92 Å². The summed E-state index contributed by atoms with van der Waals surface area (Å²) in [6, 6.07) is -0.783. The summed E-state index contributed by atoms with van der Waals surface area (Å²) in [6.45, 7) is 3.91. The Morgan fingerprint density at radius 2 is 2.15 bits per heavy atom. The minimum Gasteiger partial charge on any atom is -0.314 e. The molecule has 0 aliphatic carbocycles. The molecule has 0 saturated carbocycles. The maximum atomic E-state index is 11.7. The fourth-order valence-corrected chi connectivity index (χ4v) is 1.94. The lowest BCUT2D eigenvalue weighted by atomic mass is 10.2. The molecule has 9 nitrogen and oxygen atoms in total. The van der Waals surface area contributed by atoms with Crippen molar-refractivity contribution in [2.24, 2.45) is 11.0 Å². The third-order valence-electron chi connectivity index (χ3n) is 2.93. The van der Waals surface area contributed by atoms with Crippen molar-refractivity contribution in [2.75, 3.05) is 6.54 Å². The van der Waals surface area contributed by atoms with Crippen LogP contribution in [-0.2, 0) is 4.79 Å². The maximum absolute atomic E-state index is 11.7. The van der Waals surface area contributed by atoms with E-state index in [1.807, 2.05) is 13.8 Å². The van der Waals surface area contributed by atoms with Gasteiger partial charge in [0.2, 0.25) is 0 Å². The molecule has 2 aliphatic heterocycles. The predicted molar refractivity (Wildman–Crippen MR) is 70.6 cm³/mol. The average Bonchev–Trinajstić information content (AvgIpc) is 2.83. The molecule has 0 bridgehead atoms. The number of hydrogen-bond acceptors (Lipinski definition) is 4. The Hall–Kier alpha value is -2.32. The minimum atomic E-state index is -0.555. The van der Waals surface area contributed by atoms with Crippen LogP contribution < -0.4 is 21.4 Å².